The smallest absolute Gasteiger partial charge is 0.226 e. The molecule has 1 aromatic heterocycles. The number of likely N-dealkylation sites (tertiary alicyclic amines) is 1. The minimum absolute atomic E-state index is 0.238. The number of aromatic nitrogens is 2. The molecular weight excluding hydrogens is 302 g/mol. The molecular formula is C19H25N3O2. The molecule has 2 heterocycles. The summed E-state index contributed by atoms with van der Waals surface area (Å²) in [6.07, 6.45) is 4.90. The van der Waals surface area contributed by atoms with Crippen LogP contribution in [0, 0.1) is 0 Å². The Hall–Kier alpha value is -2.17. The third-order valence-corrected chi connectivity index (χ3v) is 4.58. The van der Waals surface area contributed by atoms with Crippen molar-refractivity contribution < 1.29 is 9.32 Å². The molecule has 1 aliphatic rings. The molecule has 1 atom stereocenters. The van der Waals surface area contributed by atoms with E-state index in [0.717, 1.165) is 44.6 Å². The summed E-state index contributed by atoms with van der Waals surface area (Å²) in [5.41, 5.74) is 1.34. The molecule has 0 aliphatic carbocycles. The van der Waals surface area contributed by atoms with Crippen LogP contribution in [-0.4, -0.2) is 34.0 Å². The average molecular weight is 327 g/mol. The molecule has 0 N–H and O–H groups in total. The topological polar surface area (TPSA) is 59.2 Å². The number of rotatable bonds is 7. The first-order valence-corrected chi connectivity index (χ1v) is 8.90. The number of hydrogen-bond donors (Lipinski definition) is 0. The molecule has 2 aromatic rings. The van der Waals surface area contributed by atoms with E-state index in [1.165, 1.54) is 5.56 Å². The van der Waals surface area contributed by atoms with Gasteiger partial charge in [0.15, 0.2) is 5.82 Å². The third kappa shape index (κ3) is 4.22. The van der Waals surface area contributed by atoms with Gasteiger partial charge in [-0.25, -0.2) is 0 Å². The van der Waals surface area contributed by atoms with E-state index in [1.807, 2.05) is 11.0 Å². The second-order valence-corrected chi connectivity index (χ2v) is 6.44. The van der Waals surface area contributed by atoms with Crippen molar-refractivity contribution in [2.24, 2.45) is 0 Å². The van der Waals surface area contributed by atoms with Gasteiger partial charge in [-0.2, -0.15) is 4.98 Å². The molecule has 128 valence electrons. The normalized spacial score (nSPS) is 17.4. The Morgan fingerprint density at radius 3 is 2.92 bits per heavy atom. The van der Waals surface area contributed by atoms with Crippen LogP contribution in [0.1, 0.15) is 55.8 Å². The maximum Gasteiger partial charge on any atom is 0.226 e. The van der Waals surface area contributed by atoms with Gasteiger partial charge in [-0.05, 0) is 24.8 Å². The molecule has 1 fully saturated rings. The van der Waals surface area contributed by atoms with Crippen LogP contribution in [0.25, 0.3) is 0 Å². The van der Waals surface area contributed by atoms with Crippen LogP contribution < -0.4 is 0 Å². The Bertz CT molecular complexity index is 654. The summed E-state index contributed by atoms with van der Waals surface area (Å²) in [4.78, 5) is 18.7. The lowest BCUT2D eigenvalue weighted by molar-refractivity contribution is -0.130. The molecule has 1 saturated heterocycles. The van der Waals surface area contributed by atoms with Crippen LogP contribution in [0.5, 0.6) is 0 Å². The highest BCUT2D eigenvalue weighted by molar-refractivity contribution is 5.76. The first-order chi connectivity index (χ1) is 11.8. The Morgan fingerprint density at radius 2 is 2.12 bits per heavy atom. The van der Waals surface area contributed by atoms with Crippen molar-refractivity contribution in [3.05, 3.63) is 47.6 Å². The van der Waals surface area contributed by atoms with Crippen molar-refractivity contribution in [1.82, 2.24) is 15.0 Å². The van der Waals surface area contributed by atoms with Crippen LogP contribution in [0.15, 0.2) is 34.9 Å². The lowest BCUT2D eigenvalue weighted by atomic mass is 9.99. The van der Waals surface area contributed by atoms with Gasteiger partial charge in [-0.15, -0.1) is 0 Å². The predicted molar refractivity (Wildman–Crippen MR) is 91.6 cm³/mol. The quantitative estimate of drug-likeness (QED) is 0.782. The van der Waals surface area contributed by atoms with Crippen molar-refractivity contribution in [3.63, 3.8) is 0 Å². The first-order valence-electron chi connectivity index (χ1n) is 8.90. The number of carbonyl (C=O) groups is 1. The van der Waals surface area contributed by atoms with Gasteiger partial charge in [0.25, 0.3) is 0 Å². The van der Waals surface area contributed by atoms with E-state index >= 15 is 0 Å². The van der Waals surface area contributed by atoms with Gasteiger partial charge < -0.3 is 9.42 Å². The van der Waals surface area contributed by atoms with Crippen LogP contribution in [0.3, 0.4) is 0 Å². The minimum atomic E-state index is 0.238. The standard InChI is InChI=1S/C19H25N3O2/c1-2-7-17-20-18(24-21-17)10-6-11-19(23)22-13-12-16(14-22)15-8-4-3-5-9-15/h3-5,8-9,16H,2,6-7,10-14H2,1H3. The third-order valence-electron chi connectivity index (χ3n) is 4.58. The summed E-state index contributed by atoms with van der Waals surface area (Å²) in [6.45, 7) is 3.79. The summed E-state index contributed by atoms with van der Waals surface area (Å²) in [6, 6.07) is 10.5. The van der Waals surface area contributed by atoms with Gasteiger partial charge in [-0.3, -0.25) is 4.79 Å². The zero-order valence-electron chi connectivity index (χ0n) is 14.3. The Kier molecular flexibility index (Phi) is 5.62. The fourth-order valence-electron chi connectivity index (χ4n) is 3.25. The fourth-order valence-corrected chi connectivity index (χ4v) is 3.25. The molecule has 1 amide bonds. The molecule has 0 spiro atoms. The molecule has 5 heteroatoms. The highest BCUT2D eigenvalue weighted by atomic mass is 16.5. The minimum Gasteiger partial charge on any atom is -0.342 e. The zero-order valence-corrected chi connectivity index (χ0v) is 14.3. The predicted octanol–water partition coefficient (Wildman–Crippen LogP) is 3.36. The molecule has 0 radical (unpaired) electrons. The largest absolute Gasteiger partial charge is 0.342 e. The zero-order chi connectivity index (χ0) is 16.8. The van der Waals surface area contributed by atoms with Gasteiger partial charge in [0.2, 0.25) is 11.8 Å². The van der Waals surface area contributed by atoms with E-state index in [2.05, 4.69) is 41.3 Å². The van der Waals surface area contributed by atoms with E-state index < -0.39 is 0 Å². The summed E-state index contributed by atoms with van der Waals surface area (Å²) in [7, 11) is 0. The van der Waals surface area contributed by atoms with Crippen molar-refractivity contribution >= 4 is 5.91 Å². The molecule has 1 aromatic carbocycles. The molecule has 5 nitrogen and oxygen atoms in total. The lowest BCUT2D eigenvalue weighted by Gasteiger charge is -2.16. The number of amides is 1. The molecule has 0 bridgehead atoms. The summed E-state index contributed by atoms with van der Waals surface area (Å²) >= 11 is 0. The van der Waals surface area contributed by atoms with Crippen LogP contribution in [0.2, 0.25) is 0 Å². The second-order valence-electron chi connectivity index (χ2n) is 6.44. The molecule has 24 heavy (non-hydrogen) atoms. The van der Waals surface area contributed by atoms with Crippen LogP contribution in [0.4, 0.5) is 0 Å². The van der Waals surface area contributed by atoms with Crippen molar-refractivity contribution in [3.8, 4) is 0 Å². The Balaban J connectivity index is 1.42. The van der Waals surface area contributed by atoms with Crippen molar-refractivity contribution in [2.45, 2.75) is 51.4 Å². The number of nitrogens with zero attached hydrogens (tertiary/aromatic N) is 3. The van der Waals surface area contributed by atoms with Crippen LogP contribution in [-0.2, 0) is 17.6 Å². The van der Waals surface area contributed by atoms with Crippen molar-refractivity contribution in [1.29, 1.82) is 0 Å². The Labute approximate surface area is 143 Å². The summed E-state index contributed by atoms with van der Waals surface area (Å²) in [5.74, 6) is 2.13. The number of carbonyl (C=O) groups excluding carboxylic acids is 1. The van der Waals surface area contributed by atoms with E-state index in [0.29, 0.717) is 24.7 Å². The highest BCUT2D eigenvalue weighted by Gasteiger charge is 2.26. The number of hydrogen-bond acceptors (Lipinski definition) is 4. The monoisotopic (exact) mass is 327 g/mol. The average Bonchev–Trinajstić information content (AvgIpc) is 3.26. The van der Waals surface area contributed by atoms with Crippen molar-refractivity contribution in [2.75, 3.05) is 13.1 Å². The van der Waals surface area contributed by atoms with E-state index in [9.17, 15) is 4.79 Å². The van der Waals surface area contributed by atoms with E-state index in [-0.39, 0.29) is 5.91 Å². The molecule has 3 rings (SSSR count). The summed E-state index contributed by atoms with van der Waals surface area (Å²) < 4.78 is 5.21. The van der Waals surface area contributed by atoms with Gasteiger partial charge >= 0.3 is 0 Å². The second kappa shape index (κ2) is 8.08. The fraction of sp³-hybridized carbons (Fsp3) is 0.526. The van der Waals surface area contributed by atoms with E-state index in [4.69, 9.17) is 4.52 Å². The molecule has 0 saturated carbocycles. The highest BCUT2D eigenvalue weighted by Crippen LogP contribution is 2.27. The van der Waals surface area contributed by atoms with Gasteiger partial charge in [-0.1, -0.05) is 42.4 Å². The molecule has 1 unspecified atom stereocenters. The van der Waals surface area contributed by atoms with Gasteiger partial charge in [0, 0.05) is 38.3 Å². The maximum absolute atomic E-state index is 12.4. The van der Waals surface area contributed by atoms with Gasteiger partial charge in [0.1, 0.15) is 0 Å². The first kappa shape index (κ1) is 16.7. The SMILES string of the molecule is CCCc1noc(CCCC(=O)N2CCC(c3ccccc3)C2)n1. The van der Waals surface area contributed by atoms with Crippen LogP contribution >= 0.6 is 0 Å². The lowest BCUT2D eigenvalue weighted by Crippen LogP contribution is -2.28. The Morgan fingerprint density at radius 1 is 1.29 bits per heavy atom. The van der Waals surface area contributed by atoms with Gasteiger partial charge in [0.05, 0.1) is 0 Å². The number of benzene rings is 1. The maximum atomic E-state index is 12.4. The van der Waals surface area contributed by atoms with E-state index in [1.54, 1.807) is 0 Å². The number of aryl methyl sites for hydroxylation is 2. The molecule has 1 aliphatic heterocycles. The summed E-state index contributed by atoms with van der Waals surface area (Å²) in [5, 5.41) is 3.94.